The van der Waals surface area contributed by atoms with Gasteiger partial charge in [-0.2, -0.15) is 12.6 Å². The molecule has 0 aromatic carbocycles. The first-order valence-electron chi connectivity index (χ1n) is 4.84. The summed E-state index contributed by atoms with van der Waals surface area (Å²) in [6.45, 7) is 5.31. The molecule has 0 aromatic heterocycles. The van der Waals surface area contributed by atoms with Crippen molar-refractivity contribution in [3.63, 3.8) is 0 Å². The topological polar surface area (TPSA) is 12.5 Å². The molecule has 0 unspecified atom stereocenters. The molecule has 3 heteroatoms. The number of rotatable bonds is 5. The van der Waals surface area contributed by atoms with Crippen molar-refractivity contribution in [1.29, 1.82) is 0 Å². The molecule has 1 rings (SSSR count). The van der Waals surface area contributed by atoms with E-state index in [1.54, 1.807) is 0 Å². The molecular formula is C9H19NOS. The monoisotopic (exact) mass is 189 g/mol. The Morgan fingerprint density at radius 1 is 1.08 bits per heavy atom. The first-order chi connectivity index (χ1) is 5.93. The third-order valence-corrected chi connectivity index (χ3v) is 2.42. The maximum atomic E-state index is 5.37. The van der Waals surface area contributed by atoms with Crippen LogP contribution in [0.15, 0.2) is 0 Å². The summed E-state index contributed by atoms with van der Waals surface area (Å²) in [5.41, 5.74) is 0. The van der Waals surface area contributed by atoms with Crippen molar-refractivity contribution in [3.05, 3.63) is 0 Å². The molecule has 0 amide bonds. The Kier molecular flexibility index (Phi) is 5.82. The van der Waals surface area contributed by atoms with Crippen LogP contribution in [0.5, 0.6) is 0 Å². The minimum absolute atomic E-state index is 0.789. The third-order valence-electron chi connectivity index (χ3n) is 2.24. The van der Waals surface area contributed by atoms with E-state index in [2.05, 4.69) is 17.5 Å². The SMILES string of the molecule is SCCOCCN1CCCCC1. The van der Waals surface area contributed by atoms with Crippen LogP contribution in [-0.4, -0.2) is 43.5 Å². The lowest BCUT2D eigenvalue weighted by atomic mass is 10.1. The van der Waals surface area contributed by atoms with E-state index >= 15 is 0 Å². The summed E-state index contributed by atoms with van der Waals surface area (Å²) >= 11 is 4.08. The minimum Gasteiger partial charge on any atom is -0.379 e. The van der Waals surface area contributed by atoms with Gasteiger partial charge in [0.05, 0.1) is 13.2 Å². The molecule has 2 nitrogen and oxygen atoms in total. The van der Waals surface area contributed by atoms with E-state index in [0.29, 0.717) is 0 Å². The molecule has 1 fully saturated rings. The second-order valence-electron chi connectivity index (χ2n) is 3.24. The van der Waals surface area contributed by atoms with Gasteiger partial charge in [-0.25, -0.2) is 0 Å². The average Bonchev–Trinajstić information content (AvgIpc) is 2.14. The van der Waals surface area contributed by atoms with Crippen LogP contribution in [0.1, 0.15) is 19.3 Å². The molecule has 1 aliphatic rings. The van der Waals surface area contributed by atoms with E-state index in [4.69, 9.17) is 4.74 Å². The number of nitrogens with zero attached hydrogens (tertiary/aromatic N) is 1. The molecule has 1 saturated heterocycles. The largest absolute Gasteiger partial charge is 0.379 e. The highest BCUT2D eigenvalue weighted by Crippen LogP contribution is 2.07. The summed E-state index contributed by atoms with van der Waals surface area (Å²) < 4.78 is 5.37. The molecule has 0 aromatic rings. The Labute approximate surface area is 80.7 Å². The molecule has 72 valence electrons. The summed E-state index contributed by atoms with van der Waals surface area (Å²) in [6, 6.07) is 0. The van der Waals surface area contributed by atoms with Gasteiger partial charge in [-0.3, -0.25) is 0 Å². The molecule has 0 N–H and O–H groups in total. The number of likely N-dealkylation sites (tertiary alicyclic amines) is 1. The molecule has 12 heavy (non-hydrogen) atoms. The Morgan fingerprint density at radius 2 is 1.83 bits per heavy atom. The Balaban J connectivity index is 1.91. The van der Waals surface area contributed by atoms with Gasteiger partial charge in [0.1, 0.15) is 0 Å². The van der Waals surface area contributed by atoms with Crippen molar-refractivity contribution in [2.45, 2.75) is 19.3 Å². The molecule has 0 aliphatic carbocycles. The maximum absolute atomic E-state index is 5.37. The fourth-order valence-corrected chi connectivity index (χ4v) is 1.67. The first-order valence-corrected chi connectivity index (χ1v) is 5.47. The molecule has 0 spiro atoms. The summed E-state index contributed by atoms with van der Waals surface area (Å²) in [7, 11) is 0. The number of hydrogen-bond acceptors (Lipinski definition) is 3. The van der Waals surface area contributed by atoms with Crippen molar-refractivity contribution in [2.75, 3.05) is 38.6 Å². The van der Waals surface area contributed by atoms with Crippen molar-refractivity contribution >= 4 is 12.6 Å². The zero-order valence-corrected chi connectivity index (χ0v) is 8.56. The second kappa shape index (κ2) is 6.75. The molecule has 0 bridgehead atoms. The lowest BCUT2D eigenvalue weighted by Crippen LogP contribution is -2.32. The number of piperidine rings is 1. The van der Waals surface area contributed by atoms with E-state index in [0.717, 1.165) is 25.5 Å². The summed E-state index contributed by atoms with van der Waals surface area (Å²) in [5.74, 6) is 0.833. The van der Waals surface area contributed by atoms with E-state index in [9.17, 15) is 0 Å². The lowest BCUT2D eigenvalue weighted by molar-refractivity contribution is 0.107. The van der Waals surface area contributed by atoms with Crippen molar-refractivity contribution in [1.82, 2.24) is 4.90 Å². The standard InChI is InChI=1S/C9H19NOS/c12-9-8-11-7-6-10-4-2-1-3-5-10/h12H,1-9H2. The van der Waals surface area contributed by atoms with Gasteiger partial charge in [-0.05, 0) is 25.9 Å². The molecule has 0 saturated carbocycles. The predicted octanol–water partition coefficient (Wildman–Crippen LogP) is 1.42. The van der Waals surface area contributed by atoms with Crippen LogP contribution >= 0.6 is 12.6 Å². The van der Waals surface area contributed by atoms with Gasteiger partial charge < -0.3 is 9.64 Å². The molecule has 1 aliphatic heterocycles. The van der Waals surface area contributed by atoms with Crippen molar-refractivity contribution < 1.29 is 4.74 Å². The van der Waals surface area contributed by atoms with Gasteiger partial charge in [-0.15, -0.1) is 0 Å². The lowest BCUT2D eigenvalue weighted by Gasteiger charge is -2.25. The van der Waals surface area contributed by atoms with Crippen molar-refractivity contribution in [2.24, 2.45) is 0 Å². The highest BCUT2D eigenvalue weighted by molar-refractivity contribution is 7.80. The van der Waals surface area contributed by atoms with Crippen LogP contribution in [-0.2, 0) is 4.74 Å². The summed E-state index contributed by atoms with van der Waals surface area (Å²) in [6.07, 6.45) is 4.15. The number of ether oxygens (including phenoxy) is 1. The summed E-state index contributed by atoms with van der Waals surface area (Å²) in [5, 5.41) is 0. The van der Waals surface area contributed by atoms with Gasteiger partial charge in [-0.1, -0.05) is 6.42 Å². The zero-order chi connectivity index (χ0) is 8.65. The quantitative estimate of drug-likeness (QED) is 0.519. The van der Waals surface area contributed by atoms with Gasteiger partial charge in [0.25, 0.3) is 0 Å². The van der Waals surface area contributed by atoms with E-state index < -0.39 is 0 Å². The summed E-state index contributed by atoms with van der Waals surface area (Å²) in [4.78, 5) is 2.49. The average molecular weight is 189 g/mol. The van der Waals surface area contributed by atoms with Crippen LogP contribution in [0.3, 0.4) is 0 Å². The van der Waals surface area contributed by atoms with E-state index in [1.165, 1.54) is 32.4 Å². The fourth-order valence-electron chi connectivity index (χ4n) is 1.54. The number of thiol groups is 1. The molecular weight excluding hydrogens is 170 g/mol. The Hall–Kier alpha value is 0.270. The van der Waals surface area contributed by atoms with Gasteiger partial charge in [0.2, 0.25) is 0 Å². The first kappa shape index (κ1) is 10.4. The van der Waals surface area contributed by atoms with Crippen LogP contribution < -0.4 is 0 Å². The third kappa shape index (κ3) is 4.33. The molecule has 0 atom stereocenters. The van der Waals surface area contributed by atoms with Crippen LogP contribution in [0.25, 0.3) is 0 Å². The minimum atomic E-state index is 0.789. The van der Waals surface area contributed by atoms with Gasteiger partial charge in [0.15, 0.2) is 0 Å². The van der Waals surface area contributed by atoms with Crippen LogP contribution in [0.4, 0.5) is 0 Å². The maximum Gasteiger partial charge on any atom is 0.0593 e. The van der Waals surface area contributed by atoms with E-state index in [-0.39, 0.29) is 0 Å². The highest BCUT2D eigenvalue weighted by atomic mass is 32.1. The fraction of sp³-hybridized carbons (Fsp3) is 1.00. The second-order valence-corrected chi connectivity index (χ2v) is 3.69. The molecule has 0 radical (unpaired) electrons. The van der Waals surface area contributed by atoms with E-state index in [1.807, 2.05) is 0 Å². The van der Waals surface area contributed by atoms with Crippen LogP contribution in [0, 0.1) is 0 Å². The van der Waals surface area contributed by atoms with Crippen LogP contribution in [0.2, 0.25) is 0 Å². The normalized spacial score (nSPS) is 19.8. The van der Waals surface area contributed by atoms with Gasteiger partial charge >= 0.3 is 0 Å². The Bertz CT molecular complexity index is 105. The van der Waals surface area contributed by atoms with Crippen molar-refractivity contribution in [3.8, 4) is 0 Å². The smallest absolute Gasteiger partial charge is 0.0593 e. The Morgan fingerprint density at radius 3 is 2.50 bits per heavy atom. The predicted molar refractivity (Wildman–Crippen MR) is 55.0 cm³/mol. The molecule has 1 heterocycles. The highest BCUT2D eigenvalue weighted by Gasteiger charge is 2.08. The number of hydrogen-bond donors (Lipinski definition) is 1. The zero-order valence-electron chi connectivity index (χ0n) is 7.67. The van der Waals surface area contributed by atoms with Gasteiger partial charge in [0, 0.05) is 12.3 Å².